The summed E-state index contributed by atoms with van der Waals surface area (Å²) in [5.74, 6) is -1.78. The molecule has 1 aliphatic heterocycles. The fraction of sp³-hybridized carbons (Fsp3) is 0.261. The van der Waals surface area contributed by atoms with E-state index in [0.29, 0.717) is 13.1 Å². The van der Waals surface area contributed by atoms with Gasteiger partial charge in [-0.15, -0.1) is 0 Å². The van der Waals surface area contributed by atoms with Crippen LogP contribution in [-0.2, 0) is 4.74 Å². The zero-order valence-corrected chi connectivity index (χ0v) is 17.7. The predicted octanol–water partition coefficient (Wildman–Crippen LogP) is 2.34. The second kappa shape index (κ2) is 8.83. The van der Waals surface area contributed by atoms with Gasteiger partial charge >= 0.3 is 12.1 Å². The maximum absolute atomic E-state index is 12.6. The number of nitrogens with zero attached hydrogens (tertiary/aromatic N) is 4. The van der Waals surface area contributed by atoms with E-state index in [0.717, 1.165) is 35.3 Å². The first-order valence-electron chi connectivity index (χ1n) is 10.7. The van der Waals surface area contributed by atoms with Crippen molar-refractivity contribution in [2.45, 2.75) is 5.92 Å². The lowest BCUT2D eigenvalue weighted by molar-refractivity contribution is 0.0683. The summed E-state index contributed by atoms with van der Waals surface area (Å²) in [4.78, 5) is 38.0. The van der Waals surface area contributed by atoms with Crippen LogP contribution in [0.5, 0.6) is 0 Å². The number of carboxylic acid groups (broad SMARTS) is 1. The number of carbonyl (C=O) groups is 2. The Labute approximate surface area is 189 Å². The maximum atomic E-state index is 12.6. The van der Waals surface area contributed by atoms with Crippen LogP contribution in [0.4, 0.5) is 16.7 Å². The summed E-state index contributed by atoms with van der Waals surface area (Å²) in [5, 5.41) is 15.0. The average molecular weight is 446 g/mol. The molecule has 0 unspecified atom stereocenters. The molecule has 2 heterocycles. The van der Waals surface area contributed by atoms with E-state index < -0.39 is 17.9 Å². The number of rotatable bonds is 5. The first kappa shape index (κ1) is 20.8. The van der Waals surface area contributed by atoms with Crippen molar-refractivity contribution in [3.63, 3.8) is 0 Å². The summed E-state index contributed by atoms with van der Waals surface area (Å²) in [7, 11) is 0. The highest BCUT2D eigenvalue weighted by molar-refractivity contribution is 5.86. The summed E-state index contributed by atoms with van der Waals surface area (Å²) in [6, 6.07) is 16.1. The molecule has 2 aliphatic rings. The van der Waals surface area contributed by atoms with Crippen LogP contribution in [0.15, 0.2) is 48.5 Å². The highest BCUT2D eigenvalue weighted by atomic mass is 16.5. The van der Waals surface area contributed by atoms with Crippen LogP contribution >= 0.6 is 0 Å². The Balaban J connectivity index is 1.32. The van der Waals surface area contributed by atoms with Crippen LogP contribution in [0, 0.1) is 0 Å². The van der Waals surface area contributed by atoms with Gasteiger partial charge in [0.1, 0.15) is 6.61 Å². The number of benzene rings is 2. The molecule has 2 aromatic carbocycles. The number of fused-ring (bicyclic) bond motifs is 3. The van der Waals surface area contributed by atoms with Crippen molar-refractivity contribution < 1.29 is 19.4 Å². The van der Waals surface area contributed by atoms with Crippen molar-refractivity contribution in [3.05, 3.63) is 65.5 Å². The Bertz CT molecular complexity index is 1170. The molecule has 0 saturated carbocycles. The zero-order chi connectivity index (χ0) is 22.8. The molecule has 3 aromatic rings. The van der Waals surface area contributed by atoms with E-state index in [4.69, 9.17) is 4.74 Å². The Kier molecular flexibility index (Phi) is 5.57. The highest BCUT2D eigenvalue weighted by Gasteiger charge is 2.29. The Morgan fingerprint density at radius 3 is 2.27 bits per heavy atom. The minimum absolute atomic E-state index is 0.0903. The summed E-state index contributed by atoms with van der Waals surface area (Å²) in [6.45, 7) is 2.81. The number of aromatic nitrogens is 3. The summed E-state index contributed by atoms with van der Waals surface area (Å²) in [6.07, 6.45) is -0.759. The number of nitrogens with one attached hydrogen (secondary N) is 2. The van der Waals surface area contributed by atoms with E-state index in [9.17, 15) is 14.7 Å². The highest BCUT2D eigenvalue weighted by Crippen LogP contribution is 2.44. The second-order valence-corrected chi connectivity index (χ2v) is 7.78. The molecule has 1 saturated heterocycles. The molecule has 1 amide bonds. The third-order valence-corrected chi connectivity index (χ3v) is 5.77. The molecule has 33 heavy (non-hydrogen) atoms. The third-order valence-electron chi connectivity index (χ3n) is 5.77. The fourth-order valence-electron chi connectivity index (χ4n) is 4.25. The van der Waals surface area contributed by atoms with E-state index >= 15 is 0 Å². The third kappa shape index (κ3) is 4.20. The van der Waals surface area contributed by atoms with E-state index in [1.165, 1.54) is 0 Å². The molecule has 10 heteroatoms. The fourth-order valence-corrected chi connectivity index (χ4v) is 4.25. The van der Waals surface area contributed by atoms with Crippen LogP contribution in [-0.4, -0.2) is 64.9 Å². The average Bonchev–Trinajstić information content (AvgIpc) is 3.17. The Hall–Kier alpha value is -4.05. The normalized spacial score (nSPS) is 15.0. The number of aromatic carboxylic acids is 1. The molecule has 3 N–H and O–H groups in total. The predicted molar refractivity (Wildman–Crippen MR) is 121 cm³/mol. The topological polar surface area (TPSA) is 130 Å². The largest absolute Gasteiger partial charge is 0.475 e. The van der Waals surface area contributed by atoms with Gasteiger partial charge < -0.3 is 20.1 Å². The van der Waals surface area contributed by atoms with Gasteiger partial charge in [0.15, 0.2) is 0 Å². The summed E-state index contributed by atoms with van der Waals surface area (Å²) in [5.41, 5.74) is 4.46. The molecule has 0 spiro atoms. The number of carbonyl (C=O) groups excluding carboxylic acids is 1. The lowest BCUT2D eigenvalue weighted by Gasteiger charge is -2.27. The van der Waals surface area contributed by atoms with Crippen LogP contribution in [0.3, 0.4) is 0 Å². The lowest BCUT2D eigenvalue weighted by Crippen LogP contribution is -2.44. The number of hydrogen-bond donors (Lipinski definition) is 3. The quantitative estimate of drug-likeness (QED) is 0.541. The van der Waals surface area contributed by atoms with Crippen molar-refractivity contribution in [3.8, 4) is 11.1 Å². The van der Waals surface area contributed by atoms with Gasteiger partial charge in [0.05, 0.1) is 0 Å². The molecular formula is C23H22N6O4. The van der Waals surface area contributed by atoms with E-state index in [1.54, 1.807) is 0 Å². The number of piperazine rings is 1. The van der Waals surface area contributed by atoms with Gasteiger partial charge in [0.2, 0.25) is 17.7 Å². The monoisotopic (exact) mass is 446 g/mol. The van der Waals surface area contributed by atoms with Gasteiger partial charge in [-0.05, 0) is 22.3 Å². The van der Waals surface area contributed by atoms with Gasteiger partial charge in [-0.3, -0.25) is 5.32 Å². The second-order valence-electron chi connectivity index (χ2n) is 7.78. The van der Waals surface area contributed by atoms with Crippen molar-refractivity contribution in [2.24, 2.45) is 0 Å². The number of carboxylic acids is 1. The van der Waals surface area contributed by atoms with E-state index in [1.807, 2.05) is 41.3 Å². The zero-order valence-electron chi connectivity index (χ0n) is 17.7. The number of anilines is 2. The molecule has 0 radical (unpaired) electrons. The summed E-state index contributed by atoms with van der Waals surface area (Å²) < 4.78 is 5.51. The van der Waals surface area contributed by atoms with E-state index in [2.05, 4.69) is 37.7 Å². The van der Waals surface area contributed by atoms with Crippen LogP contribution in [0.1, 0.15) is 27.7 Å². The molecule has 1 aliphatic carbocycles. The molecule has 1 fully saturated rings. The first-order chi connectivity index (χ1) is 16.1. The molecule has 5 rings (SSSR count). The number of hydrogen-bond acceptors (Lipinski definition) is 8. The molecule has 168 valence electrons. The van der Waals surface area contributed by atoms with Gasteiger partial charge in [0.25, 0.3) is 0 Å². The lowest BCUT2D eigenvalue weighted by atomic mass is 9.98. The van der Waals surface area contributed by atoms with Crippen LogP contribution < -0.4 is 15.5 Å². The molecular weight excluding hydrogens is 424 g/mol. The minimum Gasteiger partial charge on any atom is -0.475 e. The first-order valence-corrected chi connectivity index (χ1v) is 10.7. The van der Waals surface area contributed by atoms with E-state index in [-0.39, 0.29) is 24.4 Å². The Morgan fingerprint density at radius 1 is 1.00 bits per heavy atom. The van der Waals surface area contributed by atoms with Gasteiger partial charge in [-0.25, -0.2) is 9.59 Å². The van der Waals surface area contributed by atoms with Crippen LogP contribution in [0.25, 0.3) is 11.1 Å². The molecule has 0 atom stereocenters. The maximum Gasteiger partial charge on any atom is 0.414 e. The van der Waals surface area contributed by atoms with Crippen molar-refractivity contribution >= 4 is 24.0 Å². The molecule has 10 nitrogen and oxygen atoms in total. The van der Waals surface area contributed by atoms with Gasteiger partial charge in [-0.2, -0.15) is 15.0 Å². The van der Waals surface area contributed by atoms with Gasteiger partial charge in [-0.1, -0.05) is 48.5 Å². The smallest absolute Gasteiger partial charge is 0.414 e. The SMILES string of the molecule is O=C(Nc1nc(C(=O)O)nc(N2CCNCC2)n1)OCC1c2ccccc2-c2ccccc21. The summed E-state index contributed by atoms with van der Waals surface area (Å²) >= 11 is 0. The minimum atomic E-state index is -1.30. The molecule has 0 bridgehead atoms. The van der Waals surface area contributed by atoms with Crippen molar-refractivity contribution in [2.75, 3.05) is 43.0 Å². The van der Waals surface area contributed by atoms with Gasteiger partial charge in [0, 0.05) is 32.1 Å². The standard InChI is InChI=1S/C23H22N6O4/c30-20(31)19-25-21(27-22(26-19)29-11-9-24-10-12-29)28-23(32)33-13-18-16-7-3-1-5-14(16)15-6-2-4-8-17(15)18/h1-8,18,24H,9-13H2,(H,30,31)(H,25,26,27,28,32). The van der Waals surface area contributed by atoms with Crippen LogP contribution in [0.2, 0.25) is 0 Å². The van der Waals surface area contributed by atoms with Crippen molar-refractivity contribution in [1.82, 2.24) is 20.3 Å². The van der Waals surface area contributed by atoms with Crippen molar-refractivity contribution in [1.29, 1.82) is 0 Å². The molecule has 1 aromatic heterocycles. The number of amides is 1. The number of ether oxygens (including phenoxy) is 1. The Morgan fingerprint density at radius 2 is 1.64 bits per heavy atom.